The SMILES string of the molecule is Cc1c(NCC(CC(=O)O)CC(C)C)cccc1[N+](=O)[O-]. The Morgan fingerprint density at radius 3 is 2.62 bits per heavy atom. The van der Waals surface area contributed by atoms with E-state index < -0.39 is 10.9 Å². The number of nitro groups is 1. The molecule has 0 aromatic heterocycles. The first-order valence-corrected chi connectivity index (χ1v) is 7.01. The normalized spacial score (nSPS) is 12.2. The van der Waals surface area contributed by atoms with Gasteiger partial charge in [0.2, 0.25) is 0 Å². The maximum atomic E-state index is 10.9. The minimum Gasteiger partial charge on any atom is -0.481 e. The molecule has 0 aliphatic carbocycles. The maximum absolute atomic E-state index is 10.9. The molecule has 0 bridgehead atoms. The zero-order chi connectivity index (χ0) is 16.0. The molecule has 1 aromatic rings. The molecule has 0 saturated carbocycles. The number of anilines is 1. The summed E-state index contributed by atoms with van der Waals surface area (Å²) in [4.78, 5) is 21.4. The first kappa shape index (κ1) is 16.9. The van der Waals surface area contributed by atoms with Crippen LogP contribution >= 0.6 is 0 Å². The Morgan fingerprint density at radius 1 is 1.43 bits per heavy atom. The summed E-state index contributed by atoms with van der Waals surface area (Å²) in [6.45, 7) is 6.28. The number of hydrogen-bond acceptors (Lipinski definition) is 4. The molecule has 21 heavy (non-hydrogen) atoms. The molecule has 1 unspecified atom stereocenters. The van der Waals surface area contributed by atoms with Gasteiger partial charge < -0.3 is 10.4 Å². The van der Waals surface area contributed by atoms with E-state index >= 15 is 0 Å². The van der Waals surface area contributed by atoms with Crippen molar-refractivity contribution >= 4 is 17.3 Å². The fourth-order valence-corrected chi connectivity index (χ4v) is 2.42. The summed E-state index contributed by atoms with van der Waals surface area (Å²) in [6, 6.07) is 4.86. The fourth-order valence-electron chi connectivity index (χ4n) is 2.42. The summed E-state index contributed by atoms with van der Waals surface area (Å²) in [5, 5.41) is 23.0. The summed E-state index contributed by atoms with van der Waals surface area (Å²) in [6.07, 6.45) is 0.895. The van der Waals surface area contributed by atoms with Crippen molar-refractivity contribution in [1.82, 2.24) is 0 Å². The first-order valence-electron chi connectivity index (χ1n) is 7.01. The lowest BCUT2D eigenvalue weighted by Crippen LogP contribution is -2.20. The highest BCUT2D eigenvalue weighted by atomic mass is 16.6. The van der Waals surface area contributed by atoms with E-state index in [1.807, 2.05) is 13.8 Å². The van der Waals surface area contributed by atoms with Gasteiger partial charge in [-0.1, -0.05) is 19.9 Å². The van der Waals surface area contributed by atoms with Crippen LogP contribution in [-0.4, -0.2) is 22.5 Å². The number of benzene rings is 1. The van der Waals surface area contributed by atoms with Crippen molar-refractivity contribution in [3.05, 3.63) is 33.9 Å². The van der Waals surface area contributed by atoms with E-state index in [0.717, 1.165) is 6.42 Å². The number of nitrogens with zero attached hydrogens (tertiary/aromatic N) is 1. The lowest BCUT2D eigenvalue weighted by Gasteiger charge is -2.19. The van der Waals surface area contributed by atoms with Crippen LogP contribution in [0, 0.1) is 28.9 Å². The Labute approximate surface area is 124 Å². The van der Waals surface area contributed by atoms with Crippen LogP contribution in [0.1, 0.15) is 32.3 Å². The van der Waals surface area contributed by atoms with Crippen LogP contribution in [0.15, 0.2) is 18.2 Å². The summed E-state index contributed by atoms with van der Waals surface area (Å²) < 4.78 is 0. The average molecular weight is 294 g/mol. The Hall–Kier alpha value is -2.11. The Morgan fingerprint density at radius 2 is 2.10 bits per heavy atom. The molecule has 116 valence electrons. The van der Waals surface area contributed by atoms with Crippen molar-refractivity contribution in [2.45, 2.75) is 33.6 Å². The van der Waals surface area contributed by atoms with Gasteiger partial charge in [-0.15, -0.1) is 0 Å². The van der Waals surface area contributed by atoms with Crippen LogP contribution in [0.4, 0.5) is 11.4 Å². The minimum absolute atomic E-state index is 0.00108. The Kier molecular flexibility index (Phi) is 6.14. The lowest BCUT2D eigenvalue weighted by atomic mass is 9.94. The second kappa shape index (κ2) is 7.61. The maximum Gasteiger partial charge on any atom is 0.303 e. The molecule has 0 spiro atoms. The third-order valence-electron chi connectivity index (χ3n) is 3.35. The van der Waals surface area contributed by atoms with Gasteiger partial charge >= 0.3 is 5.97 Å². The van der Waals surface area contributed by atoms with Gasteiger partial charge in [-0.25, -0.2) is 0 Å². The molecule has 1 aromatic carbocycles. The van der Waals surface area contributed by atoms with Crippen molar-refractivity contribution in [2.75, 3.05) is 11.9 Å². The number of nitro benzene ring substituents is 1. The quantitative estimate of drug-likeness (QED) is 0.566. The van der Waals surface area contributed by atoms with E-state index in [9.17, 15) is 14.9 Å². The van der Waals surface area contributed by atoms with Gasteiger partial charge in [0.05, 0.1) is 4.92 Å². The topological polar surface area (TPSA) is 92.5 Å². The van der Waals surface area contributed by atoms with Gasteiger partial charge in [0.25, 0.3) is 5.69 Å². The van der Waals surface area contributed by atoms with Gasteiger partial charge in [-0.05, 0) is 31.2 Å². The molecule has 0 aliphatic rings. The molecule has 0 amide bonds. The van der Waals surface area contributed by atoms with Crippen molar-refractivity contribution in [3.8, 4) is 0 Å². The number of hydrogen-bond donors (Lipinski definition) is 2. The summed E-state index contributed by atoms with van der Waals surface area (Å²) >= 11 is 0. The summed E-state index contributed by atoms with van der Waals surface area (Å²) in [5.41, 5.74) is 1.32. The van der Waals surface area contributed by atoms with Crippen molar-refractivity contribution < 1.29 is 14.8 Å². The zero-order valence-corrected chi connectivity index (χ0v) is 12.6. The molecule has 0 fully saturated rings. The number of aliphatic carboxylic acids is 1. The average Bonchev–Trinajstić information content (AvgIpc) is 2.35. The highest BCUT2D eigenvalue weighted by Gasteiger charge is 2.17. The molecular weight excluding hydrogens is 272 g/mol. The molecule has 1 atom stereocenters. The number of rotatable bonds is 8. The number of nitrogens with one attached hydrogen (secondary N) is 1. The number of carbonyl (C=O) groups is 1. The number of carboxylic acid groups (broad SMARTS) is 1. The second-order valence-electron chi connectivity index (χ2n) is 5.68. The van der Waals surface area contributed by atoms with Gasteiger partial charge in [0.15, 0.2) is 0 Å². The summed E-state index contributed by atoms with van der Waals surface area (Å²) in [5.74, 6) is -0.415. The zero-order valence-electron chi connectivity index (χ0n) is 12.6. The fraction of sp³-hybridized carbons (Fsp3) is 0.533. The lowest BCUT2D eigenvalue weighted by molar-refractivity contribution is -0.385. The van der Waals surface area contributed by atoms with Gasteiger partial charge in [-0.3, -0.25) is 14.9 Å². The van der Waals surface area contributed by atoms with E-state index in [0.29, 0.717) is 23.7 Å². The third kappa shape index (κ3) is 5.41. The molecular formula is C15H22N2O4. The third-order valence-corrected chi connectivity index (χ3v) is 3.35. The molecule has 0 heterocycles. The Bertz CT molecular complexity index is 514. The largest absolute Gasteiger partial charge is 0.481 e. The van der Waals surface area contributed by atoms with E-state index in [-0.39, 0.29) is 18.0 Å². The smallest absolute Gasteiger partial charge is 0.303 e. The van der Waals surface area contributed by atoms with Gasteiger partial charge in [0.1, 0.15) is 0 Å². The Balaban J connectivity index is 2.77. The van der Waals surface area contributed by atoms with Crippen LogP contribution in [-0.2, 0) is 4.79 Å². The predicted molar refractivity (Wildman–Crippen MR) is 81.5 cm³/mol. The second-order valence-corrected chi connectivity index (χ2v) is 5.68. The van der Waals surface area contributed by atoms with Crippen LogP contribution in [0.5, 0.6) is 0 Å². The molecule has 6 nitrogen and oxygen atoms in total. The van der Waals surface area contributed by atoms with Crippen LogP contribution in [0.25, 0.3) is 0 Å². The molecule has 1 rings (SSSR count). The molecule has 2 N–H and O–H groups in total. The molecule has 6 heteroatoms. The first-order chi connectivity index (χ1) is 9.81. The molecule has 0 aliphatic heterocycles. The molecule has 0 radical (unpaired) electrons. The highest BCUT2D eigenvalue weighted by Crippen LogP contribution is 2.26. The van der Waals surface area contributed by atoms with Crippen LogP contribution < -0.4 is 5.32 Å². The van der Waals surface area contributed by atoms with Crippen LogP contribution in [0.2, 0.25) is 0 Å². The standard InChI is InChI=1S/C15H22N2O4/c1-10(2)7-12(8-15(18)19)9-16-13-5-4-6-14(11(13)3)17(20)21/h4-6,10,12,16H,7-9H2,1-3H3,(H,18,19). The van der Waals surface area contributed by atoms with E-state index in [1.165, 1.54) is 6.07 Å². The van der Waals surface area contributed by atoms with Gasteiger partial charge in [0, 0.05) is 30.3 Å². The van der Waals surface area contributed by atoms with E-state index in [4.69, 9.17) is 5.11 Å². The van der Waals surface area contributed by atoms with Crippen molar-refractivity contribution in [1.29, 1.82) is 0 Å². The van der Waals surface area contributed by atoms with Crippen LogP contribution in [0.3, 0.4) is 0 Å². The van der Waals surface area contributed by atoms with E-state index in [2.05, 4.69) is 5.32 Å². The van der Waals surface area contributed by atoms with E-state index in [1.54, 1.807) is 19.1 Å². The minimum atomic E-state index is -0.821. The van der Waals surface area contributed by atoms with Gasteiger partial charge in [-0.2, -0.15) is 0 Å². The number of carboxylic acids is 1. The highest BCUT2D eigenvalue weighted by molar-refractivity contribution is 5.67. The molecule has 0 saturated heterocycles. The summed E-state index contributed by atoms with van der Waals surface area (Å²) in [7, 11) is 0. The monoisotopic (exact) mass is 294 g/mol. The van der Waals surface area contributed by atoms with Crippen molar-refractivity contribution in [3.63, 3.8) is 0 Å². The predicted octanol–water partition coefficient (Wildman–Crippen LogP) is 3.45. The van der Waals surface area contributed by atoms with Crippen molar-refractivity contribution in [2.24, 2.45) is 11.8 Å².